The smallest absolute Gasteiger partial charge is 0.387 e. The first kappa shape index (κ1) is 15.9. The normalized spacial score (nSPS) is 15.8. The number of hydrogen-bond donors (Lipinski definition) is 0. The lowest BCUT2D eigenvalue weighted by molar-refractivity contribution is -0.0499. The topological polar surface area (TPSA) is 12.5 Å². The van der Waals surface area contributed by atoms with Gasteiger partial charge in [-0.1, -0.05) is 32.4 Å². The molecule has 19 heavy (non-hydrogen) atoms. The second kappa shape index (κ2) is 8.86. The first-order valence-corrected chi connectivity index (χ1v) is 7.00. The number of piperidine rings is 1. The van der Waals surface area contributed by atoms with Crippen LogP contribution in [0.3, 0.4) is 0 Å². The zero-order chi connectivity index (χ0) is 14.1. The quantitative estimate of drug-likeness (QED) is 0.809. The molecule has 0 bridgehead atoms. The minimum atomic E-state index is -2.75. The van der Waals surface area contributed by atoms with E-state index in [9.17, 15) is 8.78 Å². The second-order valence-corrected chi connectivity index (χ2v) is 4.36. The van der Waals surface area contributed by atoms with E-state index in [0.29, 0.717) is 0 Å². The molecule has 0 amide bonds. The summed E-state index contributed by atoms with van der Waals surface area (Å²) in [6, 6.07) is 6.97. The van der Waals surface area contributed by atoms with Crippen molar-refractivity contribution in [1.82, 2.24) is 4.90 Å². The molecule has 108 valence electrons. The van der Waals surface area contributed by atoms with Crippen LogP contribution in [-0.2, 0) is 6.54 Å². The number of nitrogens with zero attached hydrogens (tertiary/aromatic N) is 1. The van der Waals surface area contributed by atoms with Gasteiger partial charge in [-0.15, -0.1) is 0 Å². The zero-order valence-corrected chi connectivity index (χ0v) is 11.7. The monoisotopic (exact) mass is 271 g/mol. The van der Waals surface area contributed by atoms with Crippen LogP contribution in [0.15, 0.2) is 24.3 Å². The average molecular weight is 271 g/mol. The van der Waals surface area contributed by atoms with Crippen LogP contribution in [0.2, 0.25) is 0 Å². The highest BCUT2D eigenvalue weighted by Crippen LogP contribution is 2.18. The first-order chi connectivity index (χ1) is 9.24. The average Bonchev–Trinajstić information content (AvgIpc) is 2.42. The van der Waals surface area contributed by atoms with E-state index < -0.39 is 6.61 Å². The molecule has 2 rings (SSSR count). The fraction of sp³-hybridized carbons (Fsp3) is 0.600. The fourth-order valence-electron chi connectivity index (χ4n) is 2.20. The molecule has 1 aromatic rings. The summed E-state index contributed by atoms with van der Waals surface area (Å²) in [5.74, 6) is 0.245. The predicted octanol–water partition coefficient (Wildman–Crippen LogP) is 4.30. The molecule has 0 atom stereocenters. The number of alkyl halides is 2. The molecular formula is C15H23F2NO. The van der Waals surface area contributed by atoms with E-state index in [0.717, 1.165) is 25.2 Å². The van der Waals surface area contributed by atoms with Crippen molar-refractivity contribution in [3.05, 3.63) is 29.8 Å². The van der Waals surface area contributed by atoms with E-state index in [4.69, 9.17) is 0 Å². The van der Waals surface area contributed by atoms with E-state index in [2.05, 4.69) is 9.64 Å². The summed E-state index contributed by atoms with van der Waals surface area (Å²) in [4.78, 5) is 2.35. The predicted molar refractivity (Wildman–Crippen MR) is 73.6 cm³/mol. The van der Waals surface area contributed by atoms with E-state index in [1.54, 1.807) is 18.2 Å². The van der Waals surface area contributed by atoms with Crippen LogP contribution in [0.4, 0.5) is 8.78 Å². The summed E-state index contributed by atoms with van der Waals surface area (Å²) < 4.78 is 28.5. The Morgan fingerprint density at radius 3 is 2.47 bits per heavy atom. The highest BCUT2D eigenvalue weighted by molar-refractivity contribution is 5.28. The van der Waals surface area contributed by atoms with Gasteiger partial charge in [0.2, 0.25) is 0 Å². The number of rotatable bonds is 4. The van der Waals surface area contributed by atoms with Gasteiger partial charge in [0.15, 0.2) is 0 Å². The fourth-order valence-corrected chi connectivity index (χ4v) is 2.20. The van der Waals surface area contributed by atoms with Crippen molar-refractivity contribution in [3.8, 4) is 5.75 Å². The Hall–Kier alpha value is -1.16. The van der Waals surface area contributed by atoms with E-state index in [1.807, 2.05) is 19.9 Å². The van der Waals surface area contributed by atoms with Gasteiger partial charge in [-0.2, -0.15) is 8.78 Å². The van der Waals surface area contributed by atoms with Crippen LogP contribution >= 0.6 is 0 Å². The second-order valence-electron chi connectivity index (χ2n) is 4.36. The van der Waals surface area contributed by atoms with Crippen LogP contribution in [0.1, 0.15) is 38.7 Å². The van der Waals surface area contributed by atoms with Crippen molar-refractivity contribution < 1.29 is 13.5 Å². The lowest BCUT2D eigenvalue weighted by Gasteiger charge is -2.26. The van der Waals surface area contributed by atoms with Crippen LogP contribution in [0.5, 0.6) is 5.75 Å². The maximum Gasteiger partial charge on any atom is 0.387 e. The van der Waals surface area contributed by atoms with Crippen LogP contribution in [0.25, 0.3) is 0 Å². The number of ether oxygens (including phenoxy) is 1. The molecule has 1 fully saturated rings. The molecule has 0 N–H and O–H groups in total. The third-order valence-electron chi connectivity index (χ3n) is 2.98. The number of halogens is 2. The van der Waals surface area contributed by atoms with Crippen molar-refractivity contribution in [1.29, 1.82) is 0 Å². The van der Waals surface area contributed by atoms with Crippen molar-refractivity contribution in [2.75, 3.05) is 13.1 Å². The summed E-state index contributed by atoms with van der Waals surface area (Å²) in [6.07, 6.45) is 3.76. The third-order valence-corrected chi connectivity index (χ3v) is 2.98. The Kier molecular flexibility index (Phi) is 7.41. The third kappa shape index (κ3) is 6.01. The van der Waals surface area contributed by atoms with Gasteiger partial charge in [0.25, 0.3) is 0 Å². The lowest BCUT2D eigenvalue weighted by Crippen LogP contribution is -2.29. The van der Waals surface area contributed by atoms with Gasteiger partial charge in [-0.25, -0.2) is 0 Å². The van der Waals surface area contributed by atoms with Crippen LogP contribution < -0.4 is 4.74 Å². The van der Waals surface area contributed by atoms with Crippen molar-refractivity contribution >= 4 is 0 Å². The first-order valence-electron chi connectivity index (χ1n) is 7.00. The minimum absolute atomic E-state index is 0.245. The van der Waals surface area contributed by atoms with Gasteiger partial charge < -0.3 is 4.74 Å². The van der Waals surface area contributed by atoms with E-state index >= 15 is 0 Å². The highest BCUT2D eigenvalue weighted by Gasteiger charge is 2.11. The molecule has 1 heterocycles. The Morgan fingerprint density at radius 2 is 1.84 bits per heavy atom. The van der Waals surface area contributed by atoms with Crippen LogP contribution in [0, 0.1) is 0 Å². The van der Waals surface area contributed by atoms with Crippen molar-refractivity contribution in [2.24, 2.45) is 0 Å². The van der Waals surface area contributed by atoms with Crippen molar-refractivity contribution in [3.63, 3.8) is 0 Å². The Labute approximate surface area is 114 Å². The van der Waals surface area contributed by atoms with Gasteiger partial charge in [0, 0.05) is 6.54 Å². The number of likely N-dealkylation sites (tertiary alicyclic amines) is 1. The van der Waals surface area contributed by atoms with Gasteiger partial charge >= 0.3 is 6.61 Å². The van der Waals surface area contributed by atoms with Gasteiger partial charge in [-0.3, -0.25) is 4.90 Å². The summed E-state index contributed by atoms with van der Waals surface area (Å²) in [5.41, 5.74) is 1.03. The summed E-state index contributed by atoms with van der Waals surface area (Å²) in [6.45, 7) is 4.26. The van der Waals surface area contributed by atoms with E-state index in [-0.39, 0.29) is 5.75 Å². The molecule has 0 unspecified atom stereocenters. The molecule has 0 spiro atoms. The van der Waals surface area contributed by atoms with E-state index in [1.165, 1.54) is 19.3 Å². The van der Waals surface area contributed by atoms with Gasteiger partial charge in [0.1, 0.15) is 5.75 Å². The zero-order valence-electron chi connectivity index (χ0n) is 11.7. The maximum absolute atomic E-state index is 12.1. The van der Waals surface area contributed by atoms with Crippen molar-refractivity contribution in [2.45, 2.75) is 46.3 Å². The molecule has 0 saturated carbocycles. The molecule has 0 radical (unpaired) electrons. The minimum Gasteiger partial charge on any atom is -0.435 e. The molecule has 1 aliphatic heterocycles. The number of hydrogen-bond acceptors (Lipinski definition) is 2. The van der Waals surface area contributed by atoms with Gasteiger partial charge in [-0.05, 0) is 43.6 Å². The lowest BCUT2D eigenvalue weighted by atomic mass is 10.1. The molecule has 0 aromatic heterocycles. The number of benzene rings is 1. The Balaban J connectivity index is 0.000000861. The molecule has 2 nitrogen and oxygen atoms in total. The molecule has 1 aliphatic rings. The SMILES string of the molecule is CC.FC(F)Oc1cccc(CN2CCCCC2)c1. The summed E-state index contributed by atoms with van der Waals surface area (Å²) >= 11 is 0. The van der Waals surface area contributed by atoms with Crippen LogP contribution in [-0.4, -0.2) is 24.6 Å². The molecule has 1 saturated heterocycles. The van der Waals surface area contributed by atoms with Gasteiger partial charge in [0.05, 0.1) is 0 Å². The standard InChI is InChI=1S/C13H17F2NO.C2H6/c14-13(15)17-12-6-4-5-11(9-12)10-16-7-2-1-3-8-16;1-2/h4-6,9,13H,1-3,7-8,10H2;1-2H3. The molecule has 1 aromatic carbocycles. The molecule has 0 aliphatic carbocycles. The molecular weight excluding hydrogens is 248 g/mol. The summed E-state index contributed by atoms with van der Waals surface area (Å²) in [7, 11) is 0. The maximum atomic E-state index is 12.1. The largest absolute Gasteiger partial charge is 0.435 e. The Morgan fingerprint density at radius 1 is 1.16 bits per heavy atom. The highest BCUT2D eigenvalue weighted by atomic mass is 19.3. The summed E-state index contributed by atoms with van der Waals surface area (Å²) in [5, 5.41) is 0. The molecule has 4 heteroatoms. The Bertz CT molecular complexity index is 352.